The number of nitrogen functional groups attached to an aromatic ring is 1. The number of nitrogens with zero attached hydrogens (tertiary/aromatic N) is 1. The van der Waals surface area contributed by atoms with Crippen molar-refractivity contribution in [2.75, 3.05) is 32.0 Å². The molecule has 1 aromatic carbocycles. The summed E-state index contributed by atoms with van der Waals surface area (Å²) in [5.41, 5.74) is 8.65. The van der Waals surface area contributed by atoms with Gasteiger partial charge in [0.25, 0.3) is 0 Å². The molecule has 1 fully saturated rings. The standard InChI is InChI=1S/C12H16N2O/c1-10(14-5-7-15-8-6-14)11-3-2-4-12(13)9-11/h2-4,9H,1,5-8,13H2. The third kappa shape index (κ3) is 2.30. The summed E-state index contributed by atoms with van der Waals surface area (Å²) in [6.07, 6.45) is 0. The molecule has 15 heavy (non-hydrogen) atoms. The van der Waals surface area contributed by atoms with Crippen LogP contribution in [0.3, 0.4) is 0 Å². The third-order valence-electron chi connectivity index (χ3n) is 2.61. The largest absolute Gasteiger partial charge is 0.399 e. The second-order valence-electron chi connectivity index (χ2n) is 3.67. The van der Waals surface area contributed by atoms with Crippen molar-refractivity contribution < 1.29 is 4.74 Å². The van der Waals surface area contributed by atoms with Crippen LogP contribution < -0.4 is 5.73 Å². The molecule has 0 atom stereocenters. The molecular weight excluding hydrogens is 188 g/mol. The Morgan fingerprint density at radius 2 is 2.07 bits per heavy atom. The van der Waals surface area contributed by atoms with Crippen molar-refractivity contribution in [2.24, 2.45) is 0 Å². The maximum absolute atomic E-state index is 5.74. The summed E-state index contributed by atoms with van der Waals surface area (Å²) >= 11 is 0. The van der Waals surface area contributed by atoms with Crippen molar-refractivity contribution in [3.8, 4) is 0 Å². The molecule has 3 heteroatoms. The van der Waals surface area contributed by atoms with Crippen molar-refractivity contribution in [1.82, 2.24) is 4.90 Å². The molecule has 1 aliphatic heterocycles. The van der Waals surface area contributed by atoms with Crippen molar-refractivity contribution in [3.05, 3.63) is 36.4 Å². The number of hydrogen-bond acceptors (Lipinski definition) is 3. The second kappa shape index (κ2) is 4.36. The van der Waals surface area contributed by atoms with Gasteiger partial charge in [-0.1, -0.05) is 18.7 Å². The van der Waals surface area contributed by atoms with E-state index in [1.807, 2.05) is 24.3 Å². The van der Waals surface area contributed by atoms with E-state index >= 15 is 0 Å². The van der Waals surface area contributed by atoms with Gasteiger partial charge in [-0.05, 0) is 17.7 Å². The molecule has 1 aliphatic rings. The molecule has 2 N–H and O–H groups in total. The highest BCUT2D eigenvalue weighted by Crippen LogP contribution is 2.20. The highest BCUT2D eigenvalue weighted by molar-refractivity contribution is 5.65. The van der Waals surface area contributed by atoms with Gasteiger partial charge in [-0.3, -0.25) is 0 Å². The highest BCUT2D eigenvalue weighted by Gasteiger charge is 2.13. The molecular formula is C12H16N2O. The lowest BCUT2D eigenvalue weighted by atomic mass is 10.1. The van der Waals surface area contributed by atoms with Crippen LogP contribution in [-0.2, 0) is 4.74 Å². The lowest BCUT2D eigenvalue weighted by Crippen LogP contribution is -2.34. The van der Waals surface area contributed by atoms with Gasteiger partial charge in [-0.15, -0.1) is 0 Å². The predicted molar refractivity (Wildman–Crippen MR) is 62.3 cm³/mol. The molecule has 80 valence electrons. The summed E-state index contributed by atoms with van der Waals surface area (Å²) in [4.78, 5) is 2.23. The van der Waals surface area contributed by atoms with Gasteiger partial charge in [-0.2, -0.15) is 0 Å². The van der Waals surface area contributed by atoms with E-state index in [0.29, 0.717) is 0 Å². The summed E-state index contributed by atoms with van der Waals surface area (Å²) in [5.74, 6) is 0. The van der Waals surface area contributed by atoms with Crippen LogP contribution in [0, 0.1) is 0 Å². The van der Waals surface area contributed by atoms with Gasteiger partial charge >= 0.3 is 0 Å². The van der Waals surface area contributed by atoms with E-state index in [-0.39, 0.29) is 0 Å². The Kier molecular flexibility index (Phi) is 2.92. The zero-order chi connectivity index (χ0) is 10.7. The lowest BCUT2D eigenvalue weighted by Gasteiger charge is -2.30. The molecule has 0 saturated carbocycles. The van der Waals surface area contributed by atoms with E-state index in [4.69, 9.17) is 10.5 Å². The van der Waals surface area contributed by atoms with E-state index in [9.17, 15) is 0 Å². The Bertz CT molecular complexity index is 356. The molecule has 0 bridgehead atoms. The minimum atomic E-state index is 0.779. The van der Waals surface area contributed by atoms with E-state index < -0.39 is 0 Å². The fourth-order valence-corrected chi connectivity index (χ4v) is 1.73. The molecule has 1 heterocycles. The number of anilines is 1. The van der Waals surface area contributed by atoms with Crippen LogP contribution in [0.5, 0.6) is 0 Å². The zero-order valence-electron chi connectivity index (χ0n) is 8.78. The van der Waals surface area contributed by atoms with E-state index in [1.54, 1.807) is 0 Å². The Labute approximate surface area is 90.1 Å². The summed E-state index contributed by atoms with van der Waals surface area (Å²) in [7, 11) is 0. The van der Waals surface area contributed by atoms with Crippen molar-refractivity contribution in [2.45, 2.75) is 0 Å². The Morgan fingerprint density at radius 3 is 2.73 bits per heavy atom. The first-order valence-electron chi connectivity index (χ1n) is 5.15. The number of nitrogens with two attached hydrogens (primary N) is 1. The maximum Gasteiger partial charge on any atom is 0.0642 e. The van der Waals surface area contributed by atoms with Crippen LogP contribution in [0.25, 0.3) is 5.70 Å². The first kappa shape index (κ1) is 10.1. The smallest absolute Gasteiger partial charge is 0.0642 e. The van der Waals surface area contributed by atoms with Gasteiger partial charge in [0, 0.05) is 24.5 Å². The van der Waals surface area contributed by atoms with E-state index in [1.165, 1.54) is 0 Å². The number of hydrogen-bond donors (Lipinski definition) is 1. The molecule has 0 unspecified atom stereocenters. The normalized spacial score (nSPS) is 16.4. The zero-order valence-corrected chi connectivity index (χ0v) is 8.78. The average Bonchev–Trinajstić information content (AvgIpc) is 2.29. The summed E-state index contributed by atoms with van der Waals surface area (Å²) in [6.45, 7) is 7.48. The van der Waals surface area contributed by atoms with E-state index in [0.717, 1.165) is 43.3 Å². The molecule has 2 rings (SSSR count). The first-order chi connectivity index (χ1) is 7.27. The summed E-state index contributed by atoms with van der Waals surface area (Å²) in [6, 6.07) is 7.83. The van der Waals surface area contributed by atoms with Crippen LogP contribution in [0.2, 0.25) is 0 Å². The monoisotopic (exact) mass is 204 g/mol. The Hall–Kier alpha value is -1.48. The molecule has 1 saturated heterocycles. The second-order valence-corrected chi connectivity index (χ2v) is 3.67. The predicted octanol–water partition coefficient (Wildman–Crippen LogP) is 1.57. The molecule has 1 aromatic rings. The third-order valence-corrected chi connectivity index (χ3v) is 2.61. The van der Waals surface area contributed by atoms with Gasteiger partial charge in [0.2, 0.25) is 0 Å². The SMILES string of the molecule is C=C(c1cccc(N)c1)N1CCOCC1. The lowest BCUT2D eigenvalue weighted by molar-refractivity contribution is 0.0641. The minimum Gasteiger partial charge on any atom is -0.399 e. The van der Waals surface area contributed by atoms with Crippen molar-refractivity contribution in [3.63, 3.8) is 0 Å². The maximum atomic E-state index is 5.74. The van der Waals surface area contributed by atoms with Gasteiger partial charge in [0.1, 0.15) is 0 Å². The number of morpholine rings is 1. The van der Waals surface area contributed by atoms with Gasteiger partial charge < -0.3 is 15.4 Å². The molecule has 0 amide bonds. The topological polar surface area (TPSA) is 38.5 Å². The molecule has 3 nitrogen and oxygen atoms in total. The Balaban J connectivity index is 2.12. The Morgan fingerprint density at radius 1 is 1.33 bits per heavy atom. The number of ether oxygens (including phenoxy) is 1. The highest BCUT2D eigenvalue weighted by atomic mass is 16.5. The van der Waals surface area contributed by atoms with Crippen LogP contribution in [0.15, 0.2) is 30.8 Å². The number of rotatable bonds is 2. The molecule has 0 spiro atoms. The molecule has 0 radical (unpaired) electrons. The average molecular weight is 204 g/mol. The minimum absolute atomic E-state index is 0.779. The van der Waals surface area contributed by atoms with Crippen LogP contribution in [0.4, 0.5) is 5.69 Å². The fraction of sp³-hybridized carbons (Fsp3) is 0.333. The van der Waals surface area contributed by atoms with Gasteiger partial charge in [0.05, 0.1) is 13.2 Å². The summed E-state index contributed by atoms with van der Waals surface area (Å²) in [5, 5.41) is 0. The van der Waals surface area contributed by atoms with Gasteiger partial charge in [-0.25, -0.2) is 0 Å². The first-order valence-corrected chi connectivity index (χ1v) is 5.15. The van der Waals surface area contributed by atoms with E-state index in [2.05, 4.69) is 11.5 Å². The molecule has 0 aromatic heterocycles. The summed E-state index contributed by atoms with van der Waals surface area (Å²) < 4.78 is 5.30. The fourth-order valence-electron chi connectivity index (χ4n) is 1.73. The quantitative estimate of drug-likeness (QED) is 0.743. The van der Waals surface area contributed by atoms with Crippen LogP contribution in [0.1, 0.15) is 5.56 Å². The van der Waals surface area contributed by atoms with Crippen LogP contribution >= 0.6 is 0 Å². The van der Waals surface area contributed by atoms with Crippen molar-refractivity contribution >= 4 is 11.4 Å². The van der Waals surface area contributed by atoms with Crippen LogP contribution in [-0.4, -0.2) is 31.2 Å². The van der Waals surface area contributed by atoms with Gasteiger partial charge in [0.15, 0.2) is 0 Å². The number of benzene rings is 1. The van der Waals surface area contributed by atoms with Crippen molar-refractivity contribution in [1.29, 1.82) is 0 Å². The molecule has 0 aliphatic carbocycles.